The van der Waals surface area contributed by atoms with Crippen LogP contribution in [-0.4, -0.2) is 32.9 Å². The second-order valence-corrected chi connectivity index (χ2v) is 4.20. The molecule has 0 fully saturated rings. The molecule has 0 radical (unpaired) electrons. The highest BCUT2D eigenvalue weighted by molar-refractivity contribution is 5.78. The Hall–Kier alpha value is -1.36. The Morgan fingerprint density at radius 2 is 2.40 bits per heavy atom. The highest BCUT2D eigenvalue weighted by atomic mass is 16.3. The van der Waals surface area contributed by atoms with E-state index in [1.54, 1.807) is 33.0 Å². The normalized spacial score (nSPS) is 13.6. The third-order valence-electron chi connectivity index (χ3n) is 2.42. The molecule has 1 aromatic rings. The minimum Gasteiger partial charge on any atom is -0.391 e. The summed E-state index contributed by atoms with van der Waals surface area (Å²) in [6.07, 6.45) is 1.25. The van der Waals surface area contributed by atoms with Gasteiger partial charge in [0.2, 0.25) is 5.91 Å². The van der Waals surface area contributed by atoms with Crippen molar-refractivity contribution in [1.82, 2.24) is 15.5 Å². The predicted octanol–water partition coefficient (Wildman–Crippen LogP) is 0.228. The molecule has 5 nitrogen and oxygen atoms in total. The van der Waals surface area contributed by atoms with Gasteiger partial charge in [0.05, 0.1) is 18.1 Å². The topological polar surface area (TPSA) is 78.0 Å². The van der Waals surface area contributed by atoms with Crippen LogP contribution in [-0.2, 0) is 11.2 Å². The van der Waals surface area contributed by atoms with Crippen LogP contribution in [0.2, 0.25) is 0 Å². The van der Waals surface area contributed by atoms with Crippen LogP contribution in [0.3, 0.4) is 0 Å². The Morgan fingerprint density at radius 3 is 2.87 bits per heavy atom. The molecular weight excluding hydrogens is 194 g/mol. The molecule has 0 bridgehead atoms. The Balaban J connectivity index is 2.50. The van der Waals surface area contributed by atoms with Gasteiger partial charge < -0.3 is 10.4 Å². The van der Waals surface area contributed by atoms with Gasteiger partial charge in [-0.2, -0.15) is 5.10 Å². The zero-order chi connectivity index (χ0) is 11.5. The fourth-order valence-electron chi connectivity index (χ4n) is 1.06. The number of hydrogen-bond acceptors (Lipinski definition) is 3. The largest absolute Gasteiger partial charge is 0.391 e. The van der Waals surface area contributed by atoms with Gasteiger partial charge in [-0.05, 0) is 26.8 Å². The molecule has 1 aromatic heterocycles. The first-order valence-corrected chi connectivity index (χ1v) is 4.89. The number of aromatic amines is 1. The van der Waals surface area contributed by atoms with Crippen molar-refractivity contribution < 1.29 is 9.90 Å². The zero-order valence-corrected chi connectivity index (χ0v) is 9.24. The minimum atomic E-state index is -0.614. The van der Waals surface area contributed by atoms with Crippen LogP contribution in [0, 0.1) is 0 Å². The lowest BCUT2D eigenvalue weighted by molar-refractivity contribution is -0.123. The van der Waals surface area contributed by atoms with Crippen LogP contribution >= 0.6 is 0 Å². The van der Waals surface area contributed by atoms with E-state index in [0.717, 1.165) is 5.69 Å². The van der Waals surface area contributed by atoms with Crippen LogP contribution in [0.25, 0.3) is 0 Å². The van der Waals surface area contributed by atoms with Gasteiger partial charge in [0, 0.05) is 11.9 Å². The lowest BCUT2D eigenvalue weighted by atomic mass is 9.98. The summed E-state index contributed by atoms with van der Waals surface area (Å²) in [5, 5.41) is 18.6. The standard InChI is InChI=1S/C10H17N3O2/c1-7(14)10(2,3)12-9(15)6-8-4-5-11-13-8/h4-5,7,14H,6H2,1-3H3,(H,11,13)(H,12,15). The number of carbonyl (C=O) groups excluding carboxylic acids is 1. The van der Waals surface area contributed by atoms with E-state index >= 15 is 0 Å². The highest BCUT2D eigenvalue weighted by Crippen LogP contribution is 2.08. The molecule has 1 amide bonds. The van der Waals surface area contributed by atoms with E-state index in [2.05, 4.69) is 15.5 Å². The van der Waals surface area contributed by atoms with Gasteiger partial charge in [0.25, 0.3) is 0 Å². The molecule has 0 aliphatic heterocycles. The zero-order valence-electron chi connectivity index (χ0n) is 9.24. The summed E-state index contributed by atoms with van der Waals surface area (Å²) in [6, 6.07) is 1.74. The number of aliphatic hydroxyl groups is 1. The molecule has 1 rings (SSSR count). The quantitative estimate of drug-likeness (QED) is 0.667. The monoisotopic (exact) mass is 211 g/mol. The summed E-state index contributed by atoms with van der Waals surface area (Å²) < 4.78 is 0. The molecule has 1 heterocycles. The number of nitrogens with one attached hydrogen (secondary N) is 2. The number of aromatic nitrogens is 2. The second-order valence-electron chi connectivity index (χ2n) is 4.20. The molecule has 15 heavy (non-hydrogen) atoms. The highest BCUT2D eigenvalue weighted by Gasteiger charge is 2.25. The van der Waals surface area contributed by atoms with Gasteiger partial charge in [-0.3, -0.25) is 9.89 Å². The number of hydrogen-bond donors (Lipinski definition) is 3. The summed E-state index contributed by atoms with van der Waals surface area (Å²) in [5.74, 6) is -0.134. The van der Waals surface area contributed by atoms with E-state index in [1.807, 2.05) is 0 Å². The Kier molecular flexibility index (Phi) is 3.47. The molecule has 0 saturated carbocycles. The first kappa shape index (κ1) is 11.7. The van der Waals surface area contributed by atoms with E-state index in [1.165, 1.54) is 0 Å². The maximum atomic E-state index is 11.6. The molecule has 3 N–H and O–H groups in total. The SMILES string of the molecule is CC(O)C(C)(C)NC(=O)Cc1ccn[nH]1. The van der Waals surface area contributed by atoms with E-state index in [9.17, 15) is 9.90 Å². The smallest absolute Gasteiger partial charge is 0.226 e. The molecule has 84 valence electrons. The van der Waals surface area contributed by atoms with Gasteiger partial charge in [0.1, 0.15) is 0 Å². The average molecular weight is 211 g/mol. The molecule has 5 heteroatoms. The van der Waals surface area contributed by atoms with Gasteiger partial charge in [-0.15, -0.1) is 0 Å². The first-order valence-electron chi connectivity index (χ1n) is 4.89. The number of rotatable bonds is 4. The Bertz CT molecular complexity index is 317. The first-order chi connectivity index (χ1) is 6.92. The van der Waals surface area contributed by atoms with Crippen molar-refractivity contribution in [3.8, 4) is 0 Å². The summed E-state index contributed by atoms with van der Waals surface area (Å²) in [7, 11) is 0. The van der Waals surface area contributed by atoms with E-state index in [0.29, 0.717) is 0 Å². The fraction of sp³-hybridized carbons (Fsp3) is 0.600. The fourth-order valence-corrected chi connectivity index (χ4v) is 1.06. The van der Waals surface area contributed by atoms with E-state index in [-0.39, 0.29) is 12.3 Å². The van der Waals surface area contributed by atoms with Crippen LogP contribution in [0.1, 0.15) is 26.5 Å². The van der Waals surface area contributed by atoms with Crippen molar-refractivity contribution in [3.05, 3.63) is 18.0 Å². The number of H-pyrrole nitrogens is 1. The van der Waals surface area contributed by atoms with E-state index in [4.69, 9.17) is 0 Å². The average Bonchev–Trinajstić information content (AvgIpc) is 2.54. The number of nitrogens with zero attached hydrogens (tertiary/aromatic N) is 1. The van der Waals surface area contributed by atoms with Gasteiger partial charge in [0.15, 0.2) is 0 Å². The molecule has 0 aromatic carbocycles. The summed E-state index contributed by atoms with van der Waals surface area (Å²) in [6.45, 7) is 5.21. The Labute approximate surface area is 88.9 Å². The van der Waals surface area contributed by atoms with Crippen molar-refractivity contribution in [2.75, 3.05) is 0 Å². The van der Waals surface area contributed by atoms with Crippen LogP contribution in [0.15, 0.2) is 12.3 Å². The van der Waals surface area contributed by atoms with Crippen molar-refractivity contribution >= 4 is 5.91 Å². The maximum absolute atomic E-state index is 11.6. The van der Waals surface area contributed by atoms with Crippen LogP contribution < -0.4 is 5.32 Å². The third kappa shape index (κ3) is 3.36. The second kappa shape index (κ2) is 4.44. The van der Waals surface area contributed by atoms with Crippen molar-refractivity contribution in [2.24, 2.45) is 0 Å². The number of aliphatic hydroxyl groups excluding tert-OH is 1. The van der Waals surface area contributed by atoms with Gasteiger partial charge in [-0.1, -0.05) is 0 Å². The van der Waals surface area contributed by atoms with Gasteiger partial charge in [-0.25, -0.2) is 0 Å². The molecule has 0 aliphatic rings. The number of amides is 1. The van der Waals surface area contributed by atoms with Crippen LogP contribution in [0.4, 0.5) is 0 Å². The lowest BCUT2D eigenvalue weighted by Gasteiger charge is -2.29. The summed E-state index contributed by atoms with van der Waals surface area (Å²) in [5.41, 5.74) is 0.144. The van der Waals surface area contributed by atoms with Gasteiger partial charge >= 0.3 is 0 Å². The molecule has 0 spiro atoms. The van der Waals surface area contributed by atoms with E-state index < -0.39 is 11.6 Å². The predicted molar refractivity (Wildman–Crippen MR) is 56.2 cm³/mol. The molecule has 0 aliphatic carbocycles. The molecular formula is C10H17N3O2. The minimum absolute atomic E-state index is 0.134. The molecule has 0 saturated heterocycles. The summed E-state index contributed by atoms with van der Waals surface area (Å²) >= 11 is 0. The lowest BCUT2D eigenvalue weighted by Crippen LogP contribution is -2.51. The third-order valence-corrected chi connectivity index (χ3v) is 2.42. The number of carbonyl (C=O) groups is 1. The molecule has 1 unspecified atom stereocenters. The van der Waals surface area contributed by atoms with Crippen molar-refractivity contribution in [3.63, 3.8) is 0 Å². The summed E-state index contributed by atoms with van der Waals surface area (Å²) in [4.78, 5) is 11.6. The maximum Gasteiger partial charge on any atom is 0.226 e. The van der Waals surface area contributed by atoms with Crippen molar-refractivity contribution in [1.29, 1.82) is 0 Å². The van der Waals surface area contributed by atoms with Crippen molar-refractivity contribution in [2.45, 2.75) is 38.8 Å². The Morgan fingerprint density at radius 1 is 1.73 bits per heavy atom. The van der Waals surface area contributed by atoms with Crippen LogP contribution in [0.5, 0.6) is 0 Å². The molecule has 1 atom stereocenters.